The Morgan fingerprint density at radius 1 is 1.33 bits per heavy atom. The SMILES string of the molecule is Cc1ccccc1-c1c(O)nc(C2CSCCS2)[nH]c1=O. The minimum atomic E-state index is -0.275. The third-order valence-electron chi connectivity index (χ3n) is 3.45. The summed E-state index contributed by atoms with van der Waals surface area (Å²) in [5, 5.41) is 10.4. The molecule has 1 aliphatic heterocycles. The molecular formula is C15H16N2O2S2. The van der Waals surface area contributed by atoms with Crippen molar-refractivity contribution in [1.29, 1.82) is 0 Å². The fourth-order valence-electron chi connectivity index (χ4n) is 2.37. The molecule has 1 unspecified atom stereocenters. The molecule has 21 heavy (non-hydrogen) atoms. The fraction of sp³-hybridized carbons (Fsp3) is 0.333. The van der Waals surface area contributed by atoms with Crippen molar-refractivity contribution in [1.82, 2.24) is 9.97 Å². The van der Waals surface area contributed by atoms with Gasteiger partial charge in [-0.3, -0.25) is 4.79 Å². The third-order valence-corrected chi connectivity index (χ3v) is 6.22. The van der Waals surface area contributed by atoms with Gasteiger partial charge < -0.3 is 10.1 Å². The van der Waals surface area contributed by atoms with Gasteiger partial charge in [-0.1, -0.05) is 24.3 Å². The van der Waals surface area contributed by atoms with Gasteiger partial charge in [0.1, 0.15) is 11.4 Å². The highest BCUT2D eigenvalue weighted by Gasteiger charge is 2.22. The van der Waals surface area contributed by atoms with Crippen LogP contribution in [0.3, 0.4) is 0 Å². The molecule has 0 radical (unpaired) electrons. The molecule has 0 saturated carbocycles. The molecule has 2 N–H and O–H groups in total. The van der Waals surface area contributed by atoms with Crippen LogP contribution in [-0.4, -0.2) is 32.3 Å². The van der Waals surface area contributed by atoms with E-state index in [9.17, 15) is 9.90 Å². The van der Waals surface area contributed by atoms with Crippen LogP contribution in [0.2, 0.25) is 0 Å². The first-order valence-electron chi connectivity index (χ1n) is 6.75. The summed E-state index contributed by atoms with van der Waals surface area (Å²) >= 11 is 3.62. The van der Waals surface area contributed by atoms with Crippen molar-refractivity contribution in [3.05, 3.63) is 46.0 Å². The molecule has 1 aliphatic rings. The number of hydrogen-bond donors (Lipinski definition) is 2. The fourth-order valence-corrected chi connectivity index (χ4v) is 5.00. The Morgan fingerprint density at radius 3 is 2.81 bits per heavy atom. The average molecular weight is 320 g/mol. The first-order chi connectivity index (χ1) is 10.2. The second kappa shape index (κ2) is 6.15. The largest absolute Gasteiger partial charge is 0.493 e. The van der Waals surface area contributed by atoms with Gasteiger partial charge in [0, 0.05) is 17.3 Å². The molecule has 110 valence electrons. The zero-order valence-corrected chi connectivity index (χ0v) is 13.3. The molecule has 2 heterocycles. The van der Waals surface area contributed by atoms with Crippen LogP contribution >= 0.6 is 23.5 Å². The molecule has 1 atom stereocenters. The molecule has 1 saturated heterocycles. The summed E-state index contributed by atoms with van der Waals surface area (Å²) in [5.74, 6) is 3.47. The van der Waals surface area contributed by atoms with E-state index in [0.29, 0.717) is 5.82 Å². The van der Waals surface area contributed by atoms with E-state index in [2.05, 4.69) is 9.97 Å². The van der Waals surface area contributed by atoms with Gasteiger partial charge in [0.2, 0.25) is 5.88 Å². The molecule has 1 fully saturated rings. The minimum Gasteiger partial charge on any atom is -0.493 e. The zero-order valence-electron chi connectivity index (χ0n) is 11.6. The van der Waals surface area contributed by atoms with Crippen molar-refractivity contribution in [3.63, 3.8) is 0 Å². The Bertz CT molecular complexity index is 709. The Labute approximate surface area is 131 Å². The van der Waals surface area contributed by atoms with Crippen LogP contribution in [0.4, 0.5) is 0 Å². The molecular weight excluding hydrogens is 304 g/mol. The van der Waals surface area contributed by atoms with Crippen molar-refractivity contribution in [2.24, 2.45) is 0 Å². The van der Waals surface area contributed by atoms with Crippen LogP contribution in [0.1, 0.15) is 16.6 Å². The molecule has 6 heteroatoms. The average Bonchev–Trinajstić information content (AvgIpc) is 2.49. The Hall–Kier alpha value is -1.40. The molecule has 0 amide bonds. The number of thioether (sulfide) groups is 2. The van der Waals surface area contributed by atoms with Gasteiger partial charge in [-0.15, -0.1) is 11.8 Å². The maximum atomic E-state index is 12.4. The maximum Gasteiger partial charge on any atom is 0.262 e. The van der Waals surface area contributed by atoms with Gasteiger partial charge in [-0.2, -0.15) is 16.7 Å². The number of aromatic hydroxyl groups is 1. The molecule has 1 aromatic carbocycles. The standard InChI is InChI=1S/C15H16N2O2S2/c1-9-4-2-3-5-10(9)12-14(18)16-13(17-15(12)19)11-8-20-6-7-21-11/h2-5,11H,6-8H2,1H3,(H2,16,17,18,19). The Morgan fingerprint density at radius 2 is 2.14 bits per heavy atom. The highest BCUT2D eigenvalue weighted by atomic mass is 32.2. The molecule has 4 nitrogen and oxygen atoms in total. The van der Waals surface area contributed by atoms with Gasteiger partial charge in [0.05, 0.1) is 5.25 Å². The summed E-state index contributed by atoms with van der Waals surface area (Å²) in [5.41, 5.74) is 1.64. The first kappa shape index (κ1) is 14.5. The summed E-state index contributed by atoms with van der Waals surface area (Å²) in [6.07, 6.45) is 0. The number of hydrogen-bond acceptors (Lipinski definition) is 5. The quantitative estimate of drug-likeness (QED) is 0.890. The minimum absolute atomic E-state index is 0.147. The third kappa shape index (κ3) is 2.96. The van der Waals surface area contributed by atoms with Crippen LogP contribution in [-0.2, 0) is 0 Å². The number of rotatable bonds is 2. The first-order valence-corrected chi connectivity index (χ1v) is 8.95. The molecule has 3 rings (SSSR count). The Balaban J connectivity index is 2.05. The summed E-state index contributed by atoms with van der Waals surface area (Å²) in [6.45, 7) is 1.91. The van der Waals surface area contributed by atoms with Crippen molar-refractivity contribution in [2.75, 3.05) is 17.3 Å². The van der Waals surface area contributed by atoms with E-state index in [0.717, 1.165) is 28.4 Å². The van der Waals surface area contributed by atoms with E-state index in [-0.39, 0.29) is 22.3 Å². The molecule has 1 aromatic heterocycles. The van der Waals surface area contributed by atoms with Crippen LogP contribution in [0.25, 0.3) is 11.1 Å². The molecule has 2 aromatic rings. The van der Waals surface area contributed by atoms with E-state index < -0.39 is 0 Å². The second-order valence-corrected chi connectivity index (χ2v) is 7.36. The summed E-state index contributed by atoms with van der Waals surface area (Å²) in [4.78, 5) is 19.5. The van der Waals surface area contributed by atoms with Crippen LogP contribution < -0.4 is 5.56 Å². The summed E-state index contributed by atoms with van der Waals surface area (Å²) < 4.78 is 0. The number of aromatic amines is 1. The van der Waals surface area contributed by atoms with Crippen molar-refractivity contribution in [3.8, 4) is 17.0 Å². The number of H-pyrrole nitrogens is 1. The lowest BCUT2D eigenvalue weighted by Crippen LogP contribution is -2.18. The van der Waals surface area contributed by atoms with Crippen LogP contribution in [0.15, 0.2) is 29.1 Å². The monoisotopic (exact) mass is 320 g/mol. The van der Waals surface area contributed by atoms with E-state index in [1.807, 2.05) is 43.0 Å². The molecule has 0 aliphatic carbocycles. The topological polar surface area (TPSA) is 66.0 Å². The van der Waals surface area contributed by atoms with Gasteiger partial charge >= 0.3 is 0 Å². The van der Waals surface area contributed by atoms with E-state index >= 15 is 0 Å². The van der Waals surface area contributed by atoms with Crippen molar-refractivity contribution >= 4 is 23.5 Å². The number of aryl methyl sites for hydroxylation is 1. The van der Waals surface area contributed by atoms with E-state index in [4.69, 9.17) is 0 Å². The predicted octanol–water partition coefficient (Wildman–Crippen LogP) is 2.97. The Kier molecular flexibility index (Phi) is 4.26. The number of aromatic nitrogens is 2. The molecule has 0 bridgehead atoms. The normalized spacial score (nSPS) is 18.6. The number of nitrogens with one attached hydrogen (secondary N) is 1. The maximum absolute atomic E-state index is 12.4. The summed E-state index contributed by atoms with van der Waals surface area (Å²) in [6, 6.07) is 7.49. The van der Waals surface area contributed by atoms with Gasteiger partial charge in [0.15, 0.2) is 0 Å². The zero-order chi connectivity index (χ0) is 14.8. The smallest absolute Gasteiger partial charge is 0.262 e. The predicted molar refractivity (Wildman–Crippen MR) is 89.2 cm³/mol. The lowest BCUT2D eigenvalue weighted by molar-refractivity contribution is 0.450. The summed E-state index contributed by atoms with van der Waals surface area (Å²) in [7, 11) is 0. The second-order valence-electron chi connectivity index (χ2n) is 4.90. The number of benzene rings is 1. The lowest BCUT2D eigenvalue weighted by Gasteiger charge is -2.20. The van der Waals surface area contributed by atoms with E-state index in [1.54, 1.807) is 11.8 Å². The number of nitrogens with zero attached hydrogens (tertiary/aromatic N) is 1. The molecule has 0 spiro atoms. The van der Waals surface area contributed by atoms with Gasteiger partial charge in [0.25, 0.3) is 5.56 Å². The van der Waals surface area contributed by atoms with Gasteiger partial charge in [-0.05, 0) is 18.1 Å². The van der Waals surface area contributed by atoms with Crippen LogP contribution in [0.5, 0.6) is 5.88 Å². The van der Waals surface area contributed by atoms with E-state index in [1.165, 1.54) is 0 Å². The lowest BCUT2D eigenvalue weighted by atomic mass is 10.0. The van der Waals surface area contributed by atoms with Gasteiger partial charge in [-0.25, -0.2) is 0 Å². The highest BCUT2D eigenvalue weighted by molar-refractivity contribution is 8.06. The van der Waals surface area contributed by atoms with Crippen LogP contribution in [0, 0.1) is 6.92 Å². The van der Waals surface area contributed by atoms with Crippen molar-refractivity contribution in [2.45, 2.75) is 12.2 Å². The van der Waals surface area contributed by atoms with Crippen molar-refractivity contribution < 1.29 is 5.11 Å². The highest BCUT2D eigenvalue weighted by Crippen LogP contribution is 2.36.